The maximum atomic E-state index is 11.9. The molecule has 0 aliphatic rings. The summed E-state index contributed by atoms with van der Waals surface area (Å²) >= 11 is 7.51. The Morgan fingerprint density at radius 1 is 1.60 bits per heavy atom. The summed E-state index contributed by atoms with van der Waals surface area (Å²) in [7, 11) is 1.07. The Balaban J connectivity index is 2.53. The molecule has 2 N–H and O–H groups in total. The van der Waals surface area contributed by atoms with Gasteiger partial charge in [0.1, 0.15) is 5.82 Å². The van der Waals surface area contributed by atoms with Crippen LogP contribution in [0.2, 0.25) is 0 Å². The van der Waals surface area contributed by atoms with Crippen molar-refractivity contribution in [3.8, 4) is 5.69 Å². The zero-order chi connectivity index (χ0) is 14.7. The number of nitrogens with two attached hydrogens (primary N) is 1. The van der Waals surface area contributed by atoms with E-state index in [1.165, 1.54) is 4.68 Å². The Kier molecular flexibility index (Phi) is 5.00. The molecule has 0 bridgehead atoms. The van der Waals surface area contributed by atoms with Crippen molar-refractivity contribution >= 4 is 50.2 Å². The molecule has 0 fully saturated rings. The molecule has 1 aromatic carbocycles. The van der Waals surface area contributed by atoms with Crippen molar-refractivity contribution in [2.24, 2.45) is 0 Å². The van der Waals surface area contributed by atoms with E-state index in [1.54, 1.807) is 6.92 Å². The van der Waals surface area contributed by atoms with Gasteiger partial charge in [0.15, 0.2) is 5.69 Å². The van der Waals surface area contributed by atoms with E-state index < -0.39 is 5.97 Å². The van der Waals surface area contributed by atoms with Crippen LogP contribution in [-0.4, -0.2) is 22.4 Å². The molecule has 0 aliphatic carbocycles. The van der Waals surface area contributed by atoms with Gasteiger partial charge in [-0.05, 0) is 25.1 Å². The van der Waals surface area contributed by atoms with Crippen LogP contribution in [0, 0.1) is 0 Å². The van der Waals surface area contributed by atoms with Crippen LogP contribution in [0.3, 0.4) is 0 Å². The lowest BCUT2D eigenvalue weighted by atomic mass is 10.3. The zero-order valence-corrected chi connectivity index (χ0v) is 13.8. The van der Waals surface area contributed by atoms with Crippen molar-refractivity contribution in [3.05, 3.63) is 34.4 Å². The summed E-state index contributed by atoms with van der Waals surface area (Å²) in [4.78, 5) is 12.4. The highest BCUT2D eigenvalue weighted by Crippen LogP contribution is 2.33. The lowest BCUT2D eigenvalue weighted by molar-refractivity contribution is 0.0515. The third kappa shape index (κ3) is 2.97. The van der Waals surface area contributed by atoms with E-state index in [-0.39, 0.29) is 12.3 Å². The molecule has 1 aromatic heterocycles. The fourth-order valence-corrected chi connectivity index (χ4v) is 2.96. The minimum atomic E-state index is -0.510. The SMILES string of the molecule is CCOC(=O)c1nn(-c2cccc(Br)c2)c(N)c1SS. The highest BCUT2D eigenvalue weighted by molar-refractivity contribution is 9.10. The molecule has 20 heavy (non-hydrogen) atoms. The number of benzene rings is 1. The van der Waals surface area contributed by atoms with Crippen molar-refractivity contribution in [1.29, 1.82) is 0 Å². The zero-order valence-electron chi connectivity index (χ0n) is 10.5. The Morgan fingerprint density at radius 2 is 2.35 bits per heavy atom. The standard InChI is InChI=1S/C12H12BrN3O2S2/c1-2-18-12(17)9-10(20-19)11(14)16(15-9)8-5-3-4-7(13)6-8/h3-6,19H,2,14H2,1H3. The largest absolute Gasteiger partial charge is 0.461 e. The second-order valence-corrected chi connectivity index (χ2v) is 5.82. The molecular weight excluding hydrogens is 362 g/mol. The molecule has 2 aromatic rings. The first-order valence-corrected chi connectivity index (χ1v) is 8.37. The number of esters is 1. The van der Waals surface area contributed by atoms with Crippen LogP contribution in [0.5, 0.6) is 0 Å². The van der Waals surface area contributed by atoms with E-state index >= 15 is 0 Å². The molecule has 0 amide bonds. The number of nitrogens with zero attached hydrogens (tertiary/aromatic N) is 2. The van der Waals surface area contributed by atoms with Gasteiger partial charge >= 0.3 is 5.97 Å². The number of anilines is 1. The van der Waals surface area contributed by atoms with Crippen molar-refractivity contribution in [2.75, 3.05) is 12.3 Å². The van der Waals surface area contributed by atoms with E-state index in [9.17, 15) is 4.79 Å². The number of carbonyl (C=O) groups excluding carboxylic acids is 1. The molecule has 5 nitrogen and oxygen atoms in total. The fourth-order valence-electron chi connectivity index (χ4n) is 1.64. The first-order valence-electron chi connectivity index (χ1n) is 5.71. The number of thiol groups is 1. The van der Waals surface area contributed by atoms with Gasteiger partial charge in [0.05, 0.1) is 17.2 Å². The van der Waals surface area contributed by atoms with Crippen LogP contribution in [-0.2, 0) is 4.74 Å². The number of ether oxygens (including phenoxy) is 1. The third-order valence-electron chi connectivity index (χ3n) is 2.49. The molecule has 1 heterocycles. The smallest absolute Gasteiger partial charge is 0.360 e. The number of halogens is 1. The van der Waals surface area contributed by atoms with Gasteiger partial charge in [0, 0.05) is 4.47 Å². The van der Waals surface area contributed by atoms with Gasteiger partial charge in [-0.3, -0.25) is 0 Å². The second-order valence-electron chi connectivity index (χ2n) is 3.77. The molecule has 0 radical (unpaired) electrons. The van der Waals surface area contributed by atoms with Gasteiger partial charge in [0.2, 0.25) is 0 Å². The molecular formula is C12H12BrN3O2S2. The number of hydrogen-bond donors (Lipinski definition) is 2. The summed E-state index contributed by atoms with van der Waals surface area (Å²) < 4.78 is 7.36. The molecule has 0 atom stereocenters. The molecule has 106 valence electrons. The average Bonchev–Trinajstić information content (AvgIpc) is 2.76. The van der Waals surface area contributed by atoms with E-state index in [0.29, 0.717) is 10.7 Å². The lowest BCUT2D eigenvalue weighted by Gasteiger charge is -2.04. The monoisotopic (exact) mass is 373 g/mol. The maximum absolute atomic E-state index is 11.9. The summed E-state index contributed by atoms with van der Waals surface area (Å²) in [5, 5.41) is 4.24. The molecule has 8 heteroatoms. The van der Waals surface area contributed by atoms with Crippen molar-refractivity contribution in [2.45, 2.75) is 11.8 Å². The van der Waals surface area contributed by atoms with Gasteiger partial charge < -0.3 is 10.5 Å². The van der Waals surface area contributed by atoms with E-state index in [2.05, 4.69) is 32.7 Å². The quantitative estimate of drug-likeness (QED) is 0.488. The number of hydrogen-bond acceptors (Lipinski definition) is 6. The van der Waals surface area contributed by atoms with Crippen LogP contribution in [0.1, 0.15) is 17.4 Å². The van der Waals surface area contributed by atoms with Crippen LogP contribution < -0.4 is 5.73 Å². The van der Waals surface area contributed by atoms with Crippen LogP contribution in [0.4, 0.5) is 5.82 Å². The van der Waals surface area contributed by atoms with Crippen LogP contribution >= 0.6 is 38.4 Å². The second kappa shape index (κ2) is 6.55. The third-order valence-corrected chi connectivity index (χ3v) is 4.11. The Labute approximate surface area is 133 Å². The number of nitrogen functional groups attached to an aromatic ring is 1. The Morgan fingerprint density at radius 3 is 2.95 bits per heavy atom. The van der Waals surface area contributed by atoms with E-state index in [1.807, 2.05) is 24.3 Å². The maximum Gasteiger partial charge on any atom is 0.360 e. The van der Waals surface area contributed by atoms with Gasteiger partial charge in [-0.1, -0.05) is 32.8 Å². The van der Waals surface area contributed by atoms with Crippen molar-refractivity contribution in [1.82, 2.24) is 9.78 Å². The average molecular weight is 374 g/mol. The summed E-state index contributed by atoms with van der Waals surface area (Å²) in [5.74, 6) is -0.157. The van der Waals surface area contributed by atoms with Gasteiger partial charge in [-0.2, -0.15) is 5.10 Å². The number of aromatic nitrogens is 2. The predicted octanol–water partition coefficient (Wildman–Crippen LogP) is 3.33. The topological polar surface area (TPSA) is 70.1 Å². The first-order chi connectivity index (χ1) is 9.58. The van der Waals surface area contributed by atoms with Crippen LogP contribution in [0.25, 0.3) is 5.69 Å². The number of rotatable bonds is 4. The predicted molar refractivity (Wildman–Crippen MR) is 86.5 cm³/mol. The van der Waals surface area contributed by atoms with Crippen molar-refractivity contribution in [3.63, 3.8) is 0 Å². The van der Waals surface area contributed by atoms with E-state index in [4.69, 9.17) is 10.5 Å². The fraction of sp³-hybridized carbons (Fsp3) is 0.167. The summed E-state index contributed by atoms with van der Waals surface area (Å²) in [6.07, 6.45) is 0. The molecule has 0 saturated carbocycles. The molecule has 0 aliphatic heterocycles. The van der Waals surface area contributed by atoms with Gasteiger partial charge in [-0.15, -0.1) is 11.7 Å². The first kappa shape index (κ1) is 15.3. The Hall–Kier alpha value is -1.12. The molecule has 0 spiro atoms. The highest BCUT2D eigenvalue weighted by Gasteiger charge is 2.23. The highest BCUT2D eigenvalue weighted by atomic mass is 79.9. The van der Waals surface area contributed by atoms with Gasteiger partial charge in [0.25, 0.3) is 0 Å². The minimum absolute atomic E-state index is 0.171. The molecule has 0 saturated heterocycles. The summed E-state index contributed by atoms with van der Waals surface area (Å²) in [6.45, 7) is 2.01. The summed E-state index contributed by atoms with van der Waals surface area (Å²) in [5.41, 5.74) is 6.96. The summed E-state index contributed by atoms with van der Waals surface area (Å²) in [6, 6.07) is 7.45. The van der Waals surface area contributed by atoms with Crippen molar-refractivity contribution < 1.29 is 9.53 Å². The normalized spacial score (nSPS) is 10.6. The van der Waals surface area contributed by atoms with E-state index in [0.717, 1.165) is 21.0 Å². The van der Waals surface area contributed by atoms with Gasteiger partial charge in [-0.25, -0.2) is 9.48 Å². The molecule has 0 unspecified atom stereocenters. The lowest BCUT2D eigenvalue weighted by Crippen LogP contribution is -2.07. The minimum Gasteiger partial charge on any atom is -0.461 e. The Bertz CT molecular complexity index is 646. The van der Waals surface area contributed by atoms with Crippen LogP contribution in [0.15, 0.2) is 33.6 Å². The molecule has 2 rings (SSSR count). The number of carbonyl (C=O) groups is 1.